The Labute approximate surface area is 145 Å². The summed E-state index contributed by atoms with van der Waals surface area (Å²) in [5.74, 6) is -0.589. The largest absolute Gasteiger partial charge is 0.364 e. The van der Waals surface area contributed by atoms with Gasteiger partial charge in [0.2, 0.25) is 0 Å². The number of nitrogens with zero attached hydrogens (tertiary/aromatic N) is 2. The minimum Gasteiger partial charge on any atom is -0.339 e. The minimum atomic E-state index is -0.815. The summed E-state index contributed by atoms with van der Waals surface area (Å²) in [5, 5.41) is 0. The monoisotopic (exact) mass is 350 g/mol. The van der Waals surface area contributed by atoms with Gasteiger partial charge in [-0.2, -0.15) is 0 Å². The number of carbonyl (C=O) groups is 1. The summed E-state index contributed by atoms with van der Waals surface area (Å²) in [4.78, 5) is 49.4. The van der Waals surface area contributed by atoms with E-state index in [4.69, 9.17) is 4.84 Å². The molecule has 0 radical (unpaired) electrons. The second kappa shape index (κ2) is 9.80. The highest BCUT2D eigenvalue weighted by Crippen LogP contribution is 2.10. The molecule has 0 aliphatic carbocycles. The maximum atomic E-state index is 12.1. The first-order chi connectivity index (χ1) is 12.1. The number of aromatic nitrogens is 4. The van der Waals surface area contributed by atoms with Crippen molar-refractivity contribution in [2.45, 2.75) is 71.1 Å². The van der Waals surface area contributed by atoms with Crippen LogP contribution in [-0.4, -0.2) is 25.7 Å². The fourth-order valence-corrected chi connectivity index (χ4v) is 2.71. The van der Waals surface area contributed by atoms with E-state index in [1.807, 2.05) is 0 Å². The van der Waals surface area contributed by atoms with Crippen molar-refractivity contribution in [1.29, 1.82) is 0 Å². The maximum absolute atomic E-state index is 12.1. The molecule has 0 spiro atoms. The fraction of sp³-hybridized carbons (Fsp3) is 0.647. The van der Waals surface area contributed by atoms with Gasteiger partial charge in [0, 0.05) is 6.42 Å². The van der Waals surface area contributed by atoms with E-state index in [-0.39, 0.29) is 17.6 Å². The number of aromatic amines is 2. The number of nitrogens with one attached hydrogen (secondary N) is 2. The Balaban J connectivity index is 1.71. The highest BCUT2D eigenvalue weighted by atomic mass is 16.7. The van der Waals surface area contributed by atoms with Crippen LogP contribution in [0.2, 0.25) is 0 Å². The van der Waals surface area contributed by atoms with Crippen LogP contribution in [0.25, 0.3) is 11.2 Å². The van der Waals surface area contributed by atoms with Crippen molar-refractivity contribution < 1.29 is 9.63 Å². The summed E-state index contributed by atoms with van der Waals surface area (Å²) in [6.45, 7) is 2.20. The van der Waals surface area contributed by atoms with Crippen LogP contribution < -0.4 is 16.1 Å². The summed E-state index contributed by atoms with van der Waals surface area (Å²) in [6, 6.07) is 0. The first kappa shape index (κ1) is 19.0. The van der Waals surface area contributed by atoms with Crippen molar-refractivity contribution in [3.05, 3.63) is 27.2 Å². The molecule has 2 rings (SSSR count). The number of rotatable bonds is 11. The summed E-state index contributed by atoms with van der Waals surface area (Å²) in [7, 11) is 0. The molecule has 2 aromatic rings. The van der Waals surface area contributed by atoms with Gasteiger partial charge in [-0.3, -0.25) is 9.78 Å². The number of hydrogen-bond acceptors (Lipinski definition) is 5. The van der Waals surface area contributed by atoms with Gasteiger partial charge in [0.05, 0.1) is 6.33 Å². The zero-order valence-corrected chi connectivity index (χ0v) is 14.7. The Kier molecular flexibility index (Phi) is 7.43. The van der Waals surface area contributed by atoms with E-state index in [9.17, 15) is 14.4 Å². The van der Waals surface area contributed by atoms with Crippen LogP contribution in [0.3, 0.4) is 0 Å². The predicted molar refractivity (Wildman–Crippen MR) is 94.4 cm³/mol. The van der Waals surface area contributed by atoms with Gasteiger partial charge >= 0.3 is 17.2 Å². The van der Waals surface area contributed by atoms with Crippen molar-refractivity contribution >= 4 is 17.1 Å². The lowest BCUT2D eigenvalue weighted by Crippen LogP contribution is -2.42. The Bertz CT molecular complexity index is 790. The van der Waals surface area contributed by atoms with Crippen LogP contribution in [0.1, 0.15) is 71.1 Å². The molecule has 0 bridgehead atoms. The van der Waals surface area contributed by atoms with Gasteiger partial charge in [0.25, 0.3) is 0 Å². The Hall–Kier alpha value is -2.38. The molecule has 0 amide bonds. The van der Waals surface area contributed by atoms with Crippen molar-refractivity contribution in [3.8, 4) is 0 Å². The normalized spacial score (nSPS) is 11.1. The number of H-pyrrole nitrogens is 2. The third-order valence-electron chi connectivity index (χ3n) is 4.13. The molecule has 0 aromatic carbocycles. The molecule has 0 unspecified atom stereocenters. The number of carbonyl (C=O) groups excluding carboxylic acids is 1. The molecule has 2 aromatic heterocycles. The van der Waals surface area contributed by atoms with E-state index in [0.29, 0.717) is 11.2 Å². The first-order valence-electron chi connectivity index (χ1n) is 9.03. The van der Waals surface area contributed by atoms with E-state index < -0.39 is 17.2 Å². The molecule has 138 valence electrons. The SMILES string of the molecule is CCCCCCCCCCCC(=O)On1c(=O)[nH]c2nc[nH]c2c1=O. The highest BCUT2D eigenvalue weighted by Gasteiger charge is 2.13. The van der Waals surface area contributed by atoms with Gasteiger partial charge in [0.15, 0.2) is 11.2 Å². The molecule has 25 heavy (non-hydrogen) atoms. The smallest absolute Gasteiger partial charge is 0.339 e. The van der Waals surface area contributed by atoms with E-state index in [0.717, 1.165) is 12.8 Å². The van der Waals surface area contributed by atoms with Crippen LogP contribution >= 0.6 is 0 Å². The molecule has 8 heteroatoms. The van der Waals surface area contributed by atoms with Crippen LogP contribution in [0, 0.1) is 0 Å². The molecule has 0 atom stereocenters. The lowest BCUT2D eigenvalue weighted by atomic mass is 10.1. The zero-order chi connectivity index (χ0) is 18.1. The van der Waals surface area contributed by atoms with Crippen molar-refractivity contribution in [3.63, 3.8) is 0 Å². The van der Waals surface area contributed by atoms with Crippen LogP contribution in [0.15, 0.2) is 15.9 Å². The van der Waals surface area contributed by atoms with Gasteiger partial charge in [-0.05, 0) is 6.42 Å². The lowest BCUT2D eigenvalue weighted by Gasteiger charge is -2.05. The third-order valence-corrected chi connectivity index (χ3v) is 4.13. The van der Waals surface area contributed by atoms with Gasteiger partial charge in [-0.1, -0.05) is 63.0 Å². The summed E-state index contributed by atoms with van der Waals surface area (Å²) < 4.78 is 0.441. The molecule has 2 heterocycles. The molecule has 0 aliphatic heterocycles. The van der Waals surface area contributed by atoms with Crippen molar-refractivity contribution in [2.24, 2.45) is 0 Å². The molecule has 8 nitrogen and oxygen atoms in total. The van der Waals surface area contributed by atoms with E-state index in [2.05, 4.69) is 21.9 Å². The van der Waals surface area contributed by atoms with Crippen molar-refractivity contribution in [2.75, 3.05) is 0 Å². The number of unbranched alkanes of at least 4 members (excludes halogenated alkanes) is 8. The zero-order valence-electron chi connectivity index (χ0n) is 14.7. The summed E-state index contributed by atoms with van der Waals surface area (Å²) >= 11 is 0. The quantitative estimate of drug-likeness (QED) is 0.604. The molecule has 0 fully saturated rings. The first-order valence-corrected chi connectivity index (χ1v) is 9.03. The number of fused-ring (bicyclic) bond motifs is 1. The molecular weight excluding hydrogens is 324 g/mol. The maximum Gasteiger partial charge on any atom is 0.364 e. The predicted octanol–water partition coefficient (Wildman–Crippen LogP) is 2.29. The van der Waals surface area contributed by atoms with Gasteiger partial charge in [-0.15, -0.1) is 0 Å². The number of hydrogen-bond donors (Lipinski definition) is 2. The molecule has 0 saturated carbocycles. The lowest BCUT2D eigenvalue weighted by molar-refractivity contribution is -0.145. The van der Waals surface area contributed by atoms with Gasteiger partial charge in [0.1, 0.15) is 0 Å². The molecule has 0 aliphatic rings. The van der Waals surface area contributed by atoms with Gasteiger partial charge in [-0.25, -0.2) is 14.6 Å². The second-order valence-corrected chi connectivity index (χ2v) is 6.20. The topological polar surface area (TPSA) is 110 Å². The highest BCUT2D eigenvalue weighted by molar-refractivity contribution is 5.70. The average Bonchev–Trinajstić information content (AvgIpc) is 3.05. The molecular formula is C17H26N4O4. The van der Waals surface area contributed by atoms with Crippen molar-refractivity contribution in [1.82, 2.24) is 19.7 Å². The Morgan fingerprint density at radius 2 is 1.72 bits per heavy atom. The molecule has 2 N–H and O–H groups in total. The molecule has 0 saturated heterocycles. The van der Waals surface area contributed by atoms with E-state index >= 15 is 0 Å². The van der Waals surface area contributed by atoms with Crippen LogP contribution in [-0.2, 0) is 4.79 Å². The fourth-order valence-electron chi connectivity index (χ4n) is 2.71. The van der Waals surface area contributed by atoms with Gasteiger partial charge < -0.3 is 9.82 Å². The second-order valence-electron chi connectivity index (χ2n) is 6.20. The third kappa shape index (κ3) is 5.58. The van der Waals surface area contributed by atoms with E-state index in [1.165, 1.54) is 44.9 Å². The average molecular weight is 350 g/mol. The Morgan fingerprint density at radius 3 is 2.40 bits per heavy atom. The van der Waals surface area contributed by atoms with E-state index in [1.54, 1.807) is 0 Å². The minimum absolute atomic E-state index is 0.0930. The standard InChI is InChI=1S/C17H26N4O4/c1-2-3-4-5-6-7-8-9-10-11-13(22)25-21-16(23)14-15(19-12-18-14)20-17(21)24/h12H,2-11H2,1H3,(H,18,19)(H,20,24). The van der Waals surface area contributed by atoms with Crippen LogP contribution in [0.5, 0.6) is 0 Å². The Morgan fingerprint density at radius 1 is 1.08 bits per heavy atom. The van der Waals surface area contributed by atoms with Crippen LogP contribution in [0.4, 0.5) is 0 Å². The number of imidazole rings is 1. The summed E-state index contributed by atoms with van der Waals surface area (Å²) in [5.41, 5.74) is -1.31. The summed E-state index contributed by atoms with van der Waals surface area (Å²) in [6.07, 6.45) is 11.7.